The zero-order valence-corrected chi connectivity index (χ0v) is 10.9. The van der Waals surface area contributed by atoms with Gasteiger partial charge >= 0.3 is 0 Å². The Kier molecular flexibility index (Phi) is 5.44. The smallest absolute Gasteiger partial charge is 0.251 e. The fraction of sp³-hybridized carbons (Fsp3) is 0.556. The van der Waals surface area contributed by atoms with E-state index in [2.05, 4.69) is 5.32 Å². The first-order valence-electron chi connectivity index (χ1n) is 5.02. The van der Waals surface area contributed by atoms with Crippen LogP contribution in [0.4, 0.5) is 8.78 Å². The van der Waals surface area contributed by atoms with E-state index in [1.54, 1.807) is 5.38 Å². The molecule has 0 amide bonds. The van der Waals surface area contributed by atoms with Crippen LogP contribution in [0, 0.1) is 0 Å². The molecule has 8 heteroatoms. The molecule has 0 aliphatic rings. The van der Waals surface area contributed by atoms with Crippen molar-refractivity contribution in [3.8, 4) is 0 Å². The van der Waals surface area contributed by atoms with Crippen molar-refractivity contribution in [3.05, 3.63) is 16.3 Å². The minimum absolute atomic E-state index is 0.0732. The molecule has 1 rings (SSSR count). The van der Waals surface area contributed by atoms with Gasteiger partial charge in [0.2, 0.25) is 10.0 Å². The maximum absolute atomic E-state index is 12.0. The Labute approximate surface area is 103 Å². The van der Waals surface area contributed by atoms with Gasteiger partial charge < -0.3 is 5.32 Å². The third-order valence-electron chi connectivity index (χ3n) is 1.96. The number of rotatable bonds is 7. The number of sulfonamides is 1. The molecule has 0 fully saturated rings. The van der Waals surface area contributed by atoms with E-state index in [1.807, 2.05) is 11.6 Å². The lowest BCUT2D eigenvalue weighted by molar-refractivity contribution is 0.153. The first-order chi connectivity index (χ1) is 7.97. The van der Waals surface area contributed by atoms with Crippen LogP contribution in [0.15, 0.2) is 16.3 Å². The Balaban J connectivity index is 2.80. The van der Waals surface area contributed by atoms with Crippen molar-refractivity contribution in [1.82, 2.24) is 10.0 Å². The highest BCUT2D eigenvalue weighted by Gasteiger charge is 2.20. The van der Waals surface area contributed by atoms with Crippen molar-refractivity contribution in [2.24, 2.45) is 0 Å². The van der Waals surface area contributed by atoms with Gasteiger partial charge in [0.25, 0.3) is 6.43 Å². The predicted octanol–water partition coefficient (Wildman–Crippen LogP) is 1.40. The minimum Gasteiger partial charge on any atom is -0.312 e. The van der Waals surface area contributed by atoms with Crippen LogP contribution in [0.3, 0.4) is 0 Å². The van der Waals surface area contributed by atoms with Gasteiger partial charge in [-0.15, -0.1) is 11.3 Å². The monoisotopic (exact) mass is 284 g/mol. The molecule has 0 saturated heterocycles. The van der Waals surface area contributed by atoms with Crippen LogP contribution in [0.5, 0.6) is 0 Å². The molecule has 4 nitrogen and oxygen atoms in total. The number of nitrogens with one attached hydrogen (secondary N) is 2. The number of hydrogen-bond acceptors (Lipinski definition) is 4. The molecule has 1 aromatic rings. The van der Waals surface area contributed by atoms with Crippen molar-refractivity contribution in [2.75, 3.05) is 13.1 Å². The zero-order valence-electron chi connectivity index (χ0n) is 9.24. The van der Waals surface area contributed by atoms with Gasteiger partial charge in [-0.3, -0.25) is 0 Å². The third kappa shape index (κ3) is 4.30. The molecule has 1 heterocycles. The van der Waals surface area contributed by atoms with Crippen molar-refractivity contribution in [3.63, 3.8) is 0 Å². The Hall–Kier alpha value is -0.570. The second-order valence-electron chi connectivity index (χ2n) is 3.23. The van der Waals surface area contributed by atoms with Crippen molar-refractivity contribution >= 4 is 21.4 Å². The standard InChI is InChI=1S/C9H14F2N2O2S2/c1-2-12-5-7-8(3-4-16-7)17(14,15)13-6-9(10)11/h3-4,9,12-13H,2,5-6H2,1H3. The molecule has 0 aromatic carbocycles. The number of thiophene rings is 1. The van der Waals surface area contributed by atoms with E-state index in [9.17, 15) is 17.2 Å². The minimum atomic E-state index is -3.83. The van der Waals surface area contributed by atoms with Gasteiger partial charge in [-0.05, 0) is 18.0 Å². The summed E-state index contributed by atoms with van der Waals surface area (Å²) in [4.78, 5) is 0.692. The van der Waals surface area contributed by atoms with E-state index in [1.165, 1.54) is 17.4 Å². The normalized spacial score (nSPS) is 12.2. The maximum Gasteiger partial charge on any atom is 0.251 e. The number of alkyl halides is 2. The van der Waals surface area contributed by atoms with E-state index in [4.69, 9.17) is 0 Å². The topological polar surface area (TPSA) is 58.2 Å². The molecule has 0 atom stereocenters. The summed E-state index contributed by atoms with van der Waals surface area (Å²) < 4.78 is 49.3. The molecule has 2 N–H and O–H groups in total. The Bertz CT molecular complexity index is 446. The fourth-order valence-corrected chi connectivity index (χ4v) is 3.60. The van der Waals surface area contributed by atoms with Crippen LogP contribution in [-0.2, 0) is 16.6 Å². The van der Waals surface area contributed by atoms with Gasteiger partial charge in [0, 0.05) is 11.4 Å². The van der Waals surface area contributed by atoms with Crippen molar-refractivity contribution in [1.29, 1.82) is 0 Å². The molecule has 0 spiro atoms. The highest BCUT2D eigenvalue weighted by atomic mass is 32.2. The largest absolute Gasteiger partial charge is 0.312 e. The molecule has 17 heavy (non-hydrogen) atoms. The third-order valence-corrected chi connectivity index (χ3v) is 4.52. The summed E-state index contributed by atoms with van der Waals surface area (Å²) in [6.07, 6.45) is -2.69. The lowest BCUT2D eigenvalue weighted by Crippen LogP contribution is -2.29. The summed E-state index contributed by atoms with van der Waals surface area (Å²) >= 11 is 1.28. The van der Waals surface area contributed by atoms with Crippen LogP contribution in [0.1, 0.15) is 11.8 Å². The average molecular weight is 284 g/mol. The number of hydrogen-bond donors (Lipinski definition) is 2. The molecule has 0 radical (unpaired) electrons. The summed E-state index contributed by atoms with van der Waals surface area (Å²) in [5.74, 6) is 0. The summed E-state index contributed by atoms with van der Waals surface area (Å²) in [5, 5.41) is 4.63. The van der Waals surface area contributed by atoms with Crippen LogP contribution < -0.4 is 10.0 Å². The second kappa shape index (κ2) is 6.39. The van der Waals surface area contributed by atoms with Crippen molar-refractivity contribution < 1.29 is 17.2 Å². The van der Waals surface area contributed by atoms with E-state index in [-0.39, 0.29) is 4.90 Å². The SMILES string of the molecule is CCNCc1sccc1S(=O)(=O)NCC(F)F. The van der Waals surface area contributed by atoms with Crippen molar-refractivity contribution in [2.45, 2.75) is 24.8 Å². The Morgan fingerprint density at radius 3 is 2.76 bits per heavy atom. The summed E-state index contributed by atoms with van der Waals surface area (Å²) in [5.41, 5.74) is 0. The summed E-state index contributed by atoms with van der Waals surface area (Å²) in [6, 6.07) is 1.42. The first-order valence-corrected chi connectivity index (χ1v) is 7.38. The summed E-state index contributed by atoms with van der Waals surface area (Å²) in [7, 11) is -3.83. The molecular formula is C9H14F2N2O2S2. The van der Waals surface area contributed by atoms with Crippen LogP contribution in [-0.4, -0.2) is 27.9 Å². The maximum atomic E-state index is 12.0. The fourth-order valence-electron chi connectivity index (χ4n) is 1.19. The van der Waals surface area contributed by atoms with E-state index in [0.29, 0.717) is 18.0 Å². The van der Waals surface area contributed by atoms with Gasteiger partial charge in [-0.1, -0.05) is 6.92 Å². The second-order valence-corrected chi connectivity index (χ2v) is 5.97. The van der Waals surface area contributed by atoms with E-state index in [0.717, 1.165) is 0 Å². The van der Waals surface area contributed by atoms with E-state index < -0.39 is 23.0 Å². The van der Waals surface area contributed by atoms with Gasteiger partial charge in [-0.25, -0.2) is 21.9 Å². The Morgan fingerprint density at radius 2 is 2.18 bits per heavy atom. The Morgan fingerprint density at radius 1 is 1.47 bits per heavy atom. The van der Waals surface area contributed by atoms with Gasteiger partial charge in [0.1, 0.15) is 0 Å². The van der Waals surface area contributed by atoms with Gasteiger partial charge in [-0.2, -0.15) is 0 Å². The molecule has 1 aromatic heterocycles. The lowest BCUT2D eigenvalue weighted by Gasteiger charge is -2.07. The quantitative estimate of drug-likeness (QED) is 0.796. The van der Waals surface area contributed by atoms with Crippen LogP contribution in [0.25, 0.3) is 0 Å². The zero-order chi connectivity index (χ0) is 12.9. The molecule has 0 bridgehead atoms. The molecular weight excluding hydrogens is 270 g/mol. The lowest BCUT2D eigenvalue weighted by atomic mass is 10.4. The molecule has 0 aliphatic heterocycles. The number of halogens is 2. The predicted molar refractivity (Wildman–Crippen MR) is 62.9 cm³/mol. The van der Waals surface area contributed by atoms with Crippen LogP contribution in [0.2, 0.25) is 0 Å². The molecule has 98 valence electrons. The molecule has 0 saturated carbocycles. The van der Waals surface area contributed by atoms with Gasteiger partial charge in [0.05, 0.1) is 11.4 Å². The summed E-state index contributed by atoms with van der Waals surface area (Å²) in [6.45, 7) is 2.16. The highest BCUT2D eigenvalue weighted by Crippen LogP contribution is 2.21. The highest BCUT2D eigenvalue weighted by molar-refractivity contribution is 7.89. The van der Waals surface area contributed by atoms with Crippen LogP contribution >= 0.6 is 11.3 Å². The van der Waals surface area contributed by atoms with Gasteiger partial charge in [0.15, 0.2) is 0 Å². The first kappa shape index (κ1) is 14.5. The molecule has 0 unspecified atom stereocenters. The average Bonchev–Trinajstić information content (AvgIpc) is 2.72. The van der Waals surface area contributed by atoms with E-state index >= 15 is 0 Å². The molecule has 0 aliphatic carbocycles.